The fourth-order valence-electron chi connectivity index (χ4n) is 0.664. The van der Waals surface area contributed by atoms with Crippen LogP contribution in [0.5, 0.6) is 5.75 Å². The topological polar surface area (TPSA) is 29.5 Å². The first-order valence-electron chi connectivity index (χ1n) is 3.05. The lowest BCUT2D eigenvalue weighted by molar-refractivity contribution is 0.503. The Bertz CT molecular complexity index is 365. The maximum atomic E-state index is 9.02. The molecule has 1 rings (SSSR count). The first-order valence-corrected chi connectivity index (χ1v) is 7.39. The molecule has 7 heteroatoms. The average molecular weight is 277 g/mol. The molecule has 1 aromatic rings. The van der Waals surface area contributed by atoms with E-state index in [1.54, 1.807) is 0 Å². The summed E-state index contributed by atoms with van der Waals surface area (Å²) in [7, 11) is 0. The van der Waals surface area contributed by atoms with Gasteiger partial charge in [-0.15, -0.1) is 0 Å². The fourth-order valence-corrected chi connectivity index (χ4v) is 1.82. The van der Waals surface area contributed by atoms with Crippen LogP contribution in [0.2, 0.25) is 10.0 Å². The summed E-state index contributed by atoms with van der Waals surface area (Å²) in [6.45, 7) is 0. The molecule has 0 fully saturated rings. The number of hydrogen-bond donors (Lipinski definition) is 1. The third-order valence-electron chi connectivity index (χ3n) is 1.11. The van der Waals surface area contributed by atoms with E-state index in [2.05, 4.69) is 11.8 Å². The van der Waals surface area contributed by atoms with E-state index in [0.29, 0.717) is 15.8 Å². The van der Waals surface area contributed by atoms with Crippen LogP contribution in [0, 0.1) is 0 Å². The van der Waals surface area contributed by atoms with Gasteiger partial charge >= 0.3 is 5.84 Å². The minimum absolute atomic E-state index is 0.301. The molecule has 0 aliphatic heterocycles. The van der Waals surface area contributed by atoms with Crippen LogP contribution in [0.3, 0.4) is 0 Å². The Hall–Kier alpha value is 0.500. The van der Waals surface area contributed by atoms with Crippen molar-refractivity contribution in [2.75, 3.05) is 0 Å². The first-order chi connectivity index (χ1) is 5.88. The summed E-state index contributed by atoms with van der Waals surface area (Å²) in [5, 5.41) is 0.717. The molecule has 1 N–H and O–H groups in total. The predicted octanol–water partition coefficient (Wildman–Crippen LogP) is 3.83. The van der Waals surface area contributed by atoms with E-state index in [-0.39, 0.29) is 0 Å². The fraction of sp³-hybridized carbons (Fsp3) is 0. The summed E-state index contributed by atoms with van der Waals surface area (Å²) in [5.74, 6) is -2.92. The molecule has 0 spiro atoms. The summed E-state index contributed by atoms with van der Waals surface area (Å²) in [6.07, 6.45) is 0. The zero-order valence-corrected chi connectivity index (χ0v) is 10.1. The van der Waals surface area contributed by atoms with E-state index < -0.39 is 5.84 Å². The van der Waals surface area contributed by atoms with Gasteiger partial charge in [-0.25, -0.2) is 0 Å². The van der Waals surface area contributed by atoms with Crippen molar-refractivity contribution in [1.82, 2.24) is 0 Å². The summed E-state index contributed by atoms with van der Waals surface area (Å²) in [4.78, 5) is 9.02. The molecule has 1 aromatic carbocycles. The van der Waals surface area contributed by atoms with Crippen molar-refractivity contribution in [3.8, 4) is 5.75 Å². The minimum Gasteiger partial charge on any atom is -0.433 e. The highest BCUT2D eigenvalue weighted by molar-refractivity contribution is 8.22. The number of rotatable bonds is 2. The smallest absolute Gasteiger partial charge is 0.330 e. The van der Waals surface area contributed by atoms with Gasteiger partial charge in [0, 0.05) is 6.07 Å². The largest absolute Gasteiger partial charge is 0.433 e. The molecule has 72 valence electrons. The molecule has 1 atom stereocenters. The first kappa shape index (κ1) is 11.6. The zero-order valence-electron chi connectivity index (χ0n) is 6.08. The van der Waals surface area contributed by atoms with Gasteiger partial charge in [-0.3, -0.25) is 0 Å². The van der Waals surface area contributed by atoms with E-state index in [0.717, 1.165) is 0 Å². The average Bonchev–Trinajstić information content (AvgIpc) is 1.94. The number of hydrogen-bond acceptors (Lipinski definition) is 2. The van der Waals surface area contributed by atoms with Gasteiger partial charge in [0.05, 0.1) is 10.0 Å². The predicted molar refractivity (Wildman–Crippen MR) is 59.4 cm³/mol. The van der Waals surface area contributed by atoms with Crippen LogP contribution in [0.4, 0.5) is 0 Å². The normalized spacial score (nSPS) is 15.1. The van der Waals surface area contributed by atoms with Gasteiger partial charge < -0.3 is 9.42 Å². The third kappa shape index (κ3) is 4.03. The lowest BCUT2D eigenvalue weighted by Crippen LogP contribution is -1.84. The number of halogens is 3. The van der Waals surface area contributed by atoms with Gasteiger partial charge in [0.15, 0.2) is 0 Å². The van der Waals surface area contributed by atoms with E-state index in [9.17, 15) is 0 Å². The molecule has 0 aromatic heterocycles. The Morgan fingerprint density at radius 1 is 1.31 bits per heavy atom. The van der Waals surface area contributed by atoms with Gasteiger partial charge in [0.1, 0.15) is 5.75 Å². The van der Waals surface area contributed by atoms with Gasteiger partial charge in [0.25, 0.3) is 0 Å². The highest BCUT2D eigenvalue weighted by Crippen LogP contribution is 2.48. The molecule has 0 saturated heterocycles. The standard InChI is InChI=1S/C6H4Cl3O2PS/c7-5-2-1-4(3-6(5)8)11-12(9,10)13/h1-3H,(H,10,13). The Kier molecular flexibility index (Phi) is 3.87. The highest BCUT2D eigenvalue weighted by Gasteiger charge is 2.10. The van der Waals surface area contributed by atoms with Crippen LogP contribution in [0.1, 0.15) is 0 Å². The van der Waals surface area contributed by atoms with E-state index >= 15 is 0 Å². The van der Waals surface area contributed by atoms with E-state index in [1.165, 1.54) is 18.2 Å². The minimum atomic E-state index is -3.22. The molecule has 0 saturated carbocycles. The van der Waals surface area contributed by atoms with E-state index in [1.807, 2.05) is 0 Å². The Labute approximate surface area is 95.3 Å². The second-order valence-electron chi connectivity index (χ2n) is 2.12. The molecule has 0 amide bonds. The van der Waals surface area contributed by atoms with E-state index in [4.69, 9.17) is 43.9 Å². The molecule has 13 heavy (non-hydrogen) atoms. The van der Waals surface area contributed by atoms with Crippen LogP contribution in [-0.4, -0.2) is 4.89 Å². The molecular formula is C6H4Cl3O2PS. The molecule has 0 aliphatic rings. The molecular weight excluding hydrogens is 273 g/mol. The van der Waals surface area contributed by atoms with Crippen LogP contribution in [0.25, 0.3) is 0 Å². The second kappa shape index (κ2) is 4.35. The lowest BCUT2D eigenvalue weighted by Gasteiger charge is -2.09. The van der Waals surface area contributed by atoms with Crippen molar-refractivity contribution >= 4 is 52.1 Å². The zero-order chi connectivity index (χ0) is 10.1. The van der Waals surface area contributed by atoms with Crippen LogP contribution in [0.15, 0.2) is 18.2 Å². The maximum absolute atomic E-state index is 9.02. The summed E-state index contributed by atoms with van der Waals surface area (Å²) in [6, 6.07) is 4.48. The Morgan fingerprint density at radius 2 is 1.92 bits per heavy atom. The van der Waals surface area contributed by atoms with Gasteiger partial charge in [-0.05, 0) is 35.2 Å². The lowest BCUT2D eigenvalue weighted by atomic mass is 10.3. The van der Waals surface area contributed by atoms with Gasteiger partial charge in [-0.2, -0.15) is 0 Å². The summed E-state index contributed by atoms with van der Waals surface area (Å²) < 4.78 is 4.84. The van der Waals surface area contributed by atoms with Crippen molar-refractivity contribution in [2.45, 2.75) is 0 Å². The molecule has 2 nitrogen and oxygen atoms in total. The Morgan fingerprint density at radius 3 is 2.38 bits per heavy atom. The van der Waals surface area contributed by atoms with Gasteiger partial charge in [-0.1, -0.05) is 23.2 Å². The third-order valence-corrected chi connectivity index (χ3v) is 2.71. The molecule has 1 unspecified atom stereocenters. The monoisotopic (exact) mass is 276 g/mol. The molecule has 0 heterocycles. The van der Waals surface area contributed by atoms with Crippen LogP contribution >= 0.6 is 40.3 Å². The van der Waals surface area contributed by atoms with Gasteiger partial charge in [0.2, 0.25) is 0 Å². The van der Waals surface area contributed by atoms with Crippen molar-refractivity contribution in [2.24, 2.45) is 0 Å². The summed E-state index contributed by atoms with van der Waals surface area (Å²) in [5.41, 5.74) is 0. The highest BCUT2D eigenvalue weighted by atomic mass is 35.7. The second-order valence-corrected chi connectivity index (χ2v) is 7.48. The molecule has 0 radical (unpaired) electrons. The van der Waals surface area contributed by atoms with Crippen LogP contribution in [-0.2, 0) is 11.8 Å². The number of benzene rings is 1. The maximum Gasteiger partial charge on any atom is 0.330 e. The quantitative estimate of drug-likeness (QED) is 0.833. The Balaban J connectivity index is 2.92. The van der Waals surface area contributed by atoms with Crippen molar-refractivity contribution in [3.63, 3.8) is 0 Å². The SMILES string of the molecule is OP(=S)(Cl)Oc1ccc(Cl)c(Cl)c1. The van der Waals surface area contributed by atoms with Crippen LogP contribution < -0.4 is 4.52 Å². The molecule has 0 bridgehead atoms. The van der Waals surface area contributed by atoms with Crippen molar-refractivity contribution in [1.29, 1.82) is 0 Å². The molecule has 0 aliphatic carbocycles. The van der Waals surface area contributed by atoms with Crippen molar-refractivity contribution < 1.29 is 9.42 Å². The summed E-state index contributed by atoms with van der Waals surface area (Å²) >= 11 is 21.2. The van der Waals surface area contributed by atoms with Crippen molar-refractivity contribution in [3.05, 3.63) is 28.2 Å².